The first kappa shape index (κ1) is 12.1. The molecule has 0 aliphatic heterocycles. The molecule has 0 atom stereocenters. The minimum Gasteiger partial charge on any atom is -0.399 e. The number of anilines is 1. The van der Waals surface area contributed by atoms with Crippen LogP contribution in [0.3, 0.4) is 0 Å². The Labute approximate surface area is 110 Å². The van der Waals surface area contributed by atoms with Crippen molar-refractivity contribution in [2.24, 2.45) is 0 Å². The number of benzene rings is 2. The van der Waals surface area contributed by atoms with Crippen LogP contribution in [0.25, 0.3) is 0 Å². The van der Waals surface area contributed by atoms with Crippen LogP contribution in [-0.2, 0) is 13.1 Å². The first-order valence-corrected chi connectivity index (χ1v) is 6.33. The summed E-state index contributed by atoms with van der Waals surface area (Å²) in [7, 11) is 0. The summed E-state index contributed by atoms with van der Waals surface area (Å²) in [5.74, 6) is 0. The van der Waals surface area contributed by atoms with Crippen molar-refractivity contribution in [3.8, 4) is 0 Å². The third kappa shape index (κ3) is 3.88. The van der Waals surface area contributed by atoms with Gasteiger partial charge in [0.25, 0.3) is 0 Å². The van der Waals surface area contributed by atoms with Crippen molar-refractivity contribution < 1.29 is 0 Å². The van der Waals surface area contributed by atoms with Crippen molar-refractivity contribution >= 4 is 21.6 Å². The summed E-state index contributed by atoms with van der Waals surface area (Å²) < 4.78 is 1.12. The third-order valence-corrected chi connectivity index (χ3v) is 3.02. The molecule has 0 aromatic heterocycles. The lowest BCUT2D eigenvalue weighted by Gasteiger charge is -2.06. The quantitative estimate of drug-likeness (QED) is 0.848. The molecule has 2 nitrogen and oxygen atoms in total. The van der Waals surface area contributed by atoms with Crippen LogP contribution in [0, 0.1) is 0 Å². The molecule has 0 bridgehead atoms. The van der Waals surface area contributed by atoms with Gasteiger partial charge in [-0.1, -0.05) is 40.2 Å². The zero-order chi connectivity index (χ0) is 12.1. The van der Waals surface area contributed by atoms with Gasteiger partial charge in [-0.15, -0.1) is 0 Å². The van der Waals surface area contributed by atoms with Gasteiger partial charge in [-0.05, 0) is 35.4 Å². The molecule has 0 spiro atoms. The van der Waals surface area contributed by atoms with Crippen LogP contribution in [0.4, 0.5) is 5.69 Å². The average molecular weight is 291 g/mol. The maximum absolute atomic E-state index is 5.64. The van der Waals surface area contributed by atoms with Gasteiger partial charge < -0.3 is 11.1 Å². The van der Waals surface area contributed by atoms with Crippen LogP contribution in [0.15, 0.2) is 53.0 Å². The molecule has 0 saturated carbocycles. The van der Waals surface area contributed by atoms with Crippen LogP contribution >= 0.6 is 15.9 Å². The Hall–Kier alpha value is -1.32. The maximum Gasteiger partial charge on any atom is 0.0314 e. The number of rotatable bonds is 4. The third-order valence-electron chi connectivity index (χ3n) is 2.53. The Balaban J connectivity index is 1.85. The summed E-state index contributed by atoms with van der Waals surface area (Å²) in [5.41, 5.74) is 8.96. The fourth-order valence-corrected chi connectivity index (χ4v) is 2.08. The van der Waals surface area contributed by atoms with Gasteiger partial charge in [-0.2, -0.15) is 0 Å². The fourth-order valence-electron chi connectivity index (χ4n) is 1.63. The molecule has 0 radical (unpaired) electrons. The van der Waals surface area contributed by atoms with Crippen molar-refractivity contribution in [3.05, 3.63) is 64.1 Å². The second-order valence-corrected chi connectivity index (χ2v) is 4.89. The molecule has 2 rings (SSSR count). The molecule has 17 heavy (non-hydrogen) atoms. The van der Waals surface area contributed by atoms with Gasteiger partial charge in [0.2, 0.25) is 0 Å². The SMILES string of the molecule is Nc1ccc(CNCc2cccc(Br)c2)cc1. The van der Waals surface area contributed by atoms with Crippen molar-refractivity contribution in [3.63, 3.8) is 0 Å². The molecule has 0 unspecified atom stereocenters. The van der Waals surface area contributed by atoms with E-state index >= 15 is 0 Å². The summed E-state index contributed by atoms with van der Waals surface area (Å²) in [4.78, 5) is 0. The van der Waals surface area contributed by atoms with Crippen LogP contribution in [0.5, 0.6) is 0 Å². The Morgan fingerprint density at radius 1 is 0.941 bits per heavy atom. The molecule has 0 aliphatic rings. The van der Waals surface area contributed by atoms with E-state index in [4.69, 9.17) is 5.73 Å². The van der Waals surface area contributed by atoms with Gasteiger partial charge in [0.05, 0.1) is 0 Å². The van der Waals surface area contributed by atoms with Crippen molar-refractivity contribution in [2.45, 2.75) is 13.1 Å². The summed E-state index contributed by atoms with van der Waals surface area (Å²) in [6, 6.07) is 16.3. The van der Waals surface area contributed by atoms with Crippen molar-refractivity contribution in [1.82, 2.24) is 5.32 Å². The van der Waals surface area contributed by atoms with Crippen LogP contribution in [-0.4, -0.2) is 0 Å². The Bertz CT molecular complexity index is 480. The molecule has 0 heterocycles. The normalized spacial score (nSPS) is 10.4. The van der Waals surface area contributed by atoms with Crippen LogP contribution in [0.1, 0.15) is 11.1 Å². The number of nitrogens with two attached hydrogens (primary N) is 1. The van der Waals surface area contributed by atoms with Gasteiger partial charge in [0, 0.05) is 23.2 Å². The number of halogens is 1. The molecule has 0 amide bonds. The second kappa shape index (κ2) is 5.84. The van der Waals surface area contributed by atoms with Gasteiger partial charge in [0.15, 0.2) is 0 Å². The van der Waals surface area contributed by atoms with E-state index in [1.807, 2.05) is 36.4 Å². The largest absolute Gasteiger partial charge is 0.399 e. The fraction of sp³-hybridized carbons (Fsp3) is 0.143. The number of nitrogen functional groups attached to an aromatic ring is 1. The molecule has 0 fully saturated rings. The maximum atomic E-state index is 5.64. The highest BCUT2D eigenvalue weighted by molar-refractivity contribution is 9.10. The number of hydrogen-bond donors (Lipinski definition) is 2. The van der Waals surface area contributed by atoms with Gasteiger partial charge in [0.1, 0.15) is 0 Å². The average Bonchev–Trinajstić information content (AvgIpc) is 2.32. The van der Waals surface area contributed by atoms with Gasteiger partial charge >= 0.3 is 0 Å². The van der Waals surface area contributed by atoms with E-state index in [1.165, 1.54) is 11.1 Å². The lowest BCUT2D eigenvalue weighted by Crippen LogP contribution is -2.12. The predicted molar refractivity (Wildman–Crippen MR) is 75.5 cm³/mol. The van der Waals surface area contributed by atoms with E-state index in [9.17, 15) is 0 Å². The Morgan fingerprint density at radius 3 is 2.35 bits per heavy atom. The highest BCUT2D eigenvalue weighted by Crippen LogP contribution is 2.11. The van der Waals surface area contributed by atoms with E-state index in [-0.39, 0.29) is 0 Å². The van der Waals surface area contributed by atoms with Crippen LogP contribution in [0.2, 0.25) is 0 Å². The second-order valence-electron chi connectivity index (χ2n) is 3.98. The summed E-state index contributed by atoms with van der Waals surface area (Å²) in [6.45, 7) is 1.72. The van der Waals surface area contributed by atoms with E-state index in [1.54, 1.807) is 0 Å². The molecule has 0 aliphatic carbocycles. The lowest BCUT2D eigenvalue weighted by molar-refractivity contribution is 0.693. The van der Waals surface area contributed by atoms with E-state index < -0.39 is 0 Å². The first-order chi connectivity index (χ1) is 8.24. The van der Waals surface area contributed by atoms with E-state index in [2.05, 4.69) is 33.4 Å². The topological polar surface area (TPSA) is 38.0 Å². The first-order valence-electron chi connectivity index (χ1n) is 5.53. The number of nitrogens with one attached hydrogen (secondary N) is 1. The van der Waals surface area contributed by atoms with Crippen molar-refractivity contribution in [2.75, 3.05) is 5.73 Å². The minimum atomic E-state index is 0.806. The Morgan fingerprint density at radius 2 is 1.65 bits per heavy atom. The Kier molecular flexibility index (Phi) is 4.18. The molecule has 3 N–H and O–H groups in total. The predicted octanol–water partition coefficient (Wildman–Crippen LogP) is 3.32. The molecular formula is C14H15BrN2. The highest BCUT2D eigenvalue weighted by atomic mass is 79.9. The molecule has 2 aromatic rings. The zero-order valence-corrected chi connectivity index (χ0v) is 11.1. The highest BCUT2D eigenvalue weighted by Gasteiger charge is 1.95. The lowest BCUT2D eigenvalue weighted by atomic mass is 10.2. The monoisotopic (exact) mass is 290 g/mol. The van der Waals surface area contributed by atoms with E-state index in [0.29, 0.717) is 0 Å². The standard InChI is InChI=1S/C14H15BrN2/c15-13-3-1-2-12(8-13)10-17-9-11-4-6-14(16)7-5-11/h1-8,17H,9-10,16H2. The van der Waals surface area contributed by atoms with Gasteiger partial charge in [-0.3, -0.25) is 0 Å². The summed E-state index contributed by atoms with van der Waals surface area (Å²) >= 11 is 3.47. The molecule has 0 saturated heterocycles. The molecule has 2 aromatic carbocycles. The minimum absolute atomic E-state index is 0.806. The summed E-state index contributed by atoms with van der Waals surface area (Å²) in [6.07, 6.45) is 0. The molecule has 3 heteroatoms. The molecule has 88 valence electrons. The van der Waals surface area contributed by atoms with Crippen molar-refractivity contribution in [1.29, 1.82) is 0 Å². The van der Waals surface area contributed by atoms with Crippen LogP contribution < -0.4 is 11.1 Å². The zero-order valence-electron chi connectivity index (χ0n) is 9.49. The van der Waals surface area contributed by atoms with Gasteiger partial charge in [-0.25, -0.2) is 0 Å². The molecular weight excluding hydrogens is 276 g/mol. The smallest absolute Gasteiger partial charge is 0.0314 e. The summed E-state index contributed by atoms with van der Waals surface area (Å²) in [5, 5.41) is 3.40. The number of hydrogen-bond acceptors (Lipinski definition) is 2. The van der Waals surface area contributed by atoms with E-state index in [0.717, 1.165) is 23.2 Å².